The summed E-state index contributed by atoms with van der Waals surface area (Å²) in [5, 5.41) is 12.9. The van der Waals surface area contributed by atoms with E-state index in [4.69, 9.17) is 16.9 Å². The van der Waals surface area contributed by atoms with Crippen molar-refractivity contribution < 1.29 is 0 Å². The molecular formula is C11H11ClN2. The molecule has 1 aromatic carbocycles. The number of hydrogen-bond donors (Lipinski definition) is 1. The van der Waals surface area contributed by atoms with Crippen LogP contribution in [0.15, 0.2) is 24.3 Å². The molecule has 0 saturated carbocycles. The van der Waals surface area contributed by atoms with Crippen LogP contribution in [0, 0.1) is 17.2 Å². The van der Waals surface area contributed by atoms with Crippen molar-refractivity contribution in [1.82, 2.24) is 5.32 Å². The molecule has 0 unspecified atom stereocenters. The van der Waals surface area contributed by atoms with Crippen molar-refractivity contribution in [2.24, 2.45) is 5.92 Å². The Morgan fingerprint density at radius 3 is 2.86 bits per heavy atom. The molecule has 1 N–H and O–H groups in total. The second kappa shape index (κ2) is 4.00. The molecule has 72 valence electrons. The molecule has 1 aromatic rings. The van der Waals surface area contributed by atoms with Crippen LogP contribution >= 0.6 is 11.6 Å². The minimum absolute atomic E-state index is 0.0508. The Morgan fingerprint density at radius 1 is 1.36 bits per heavy atom. The van der Waals surface area contributed by atoms with E-state index in [2.05, 4.69) is 11.4 Å². The van der Waals surface area contributed by atoms with E-state index >= 15 is 0 Å². The molecule has 0 radical (unpaired) electrons. The Kier molecular flexibility index (Phi) is 2.72. The van der Waals surface area contributed by atoms with Gasteiger partial charge in [-0.1, -0.05) is 29.8 Å². The highest BCUT2D eigenvalue weighted by atomic mass is 35.5. The topological polar surface area (TPSA) is 35.8 Å². The van der Waals surface area contributed by atoms with Gasteiger partial charge in [-0.3, -0.25) is 0 Å². The van der Waals surface area contributed by atoms with E-state index in [1.807, 2.05) is 24.3 Å². The molecular weight excluding hydrogens is 196 g/mol. The van der Waals surface area contributed by atoms with Crippen LogP contribution in [-0.4, -0.2) is 13.1 Å². The van der Waals surface area contributed by atoms with Gasteiger partial charge in [-0.25, -0.2) is 0 Å². The minimum Gasteiger partial charge on any atom is -0.315 e. The molecule has 0 bridgehead atoms. The standard InChI is InChI=1S/C11H11ClN2/c12-11-4-2-1-3-9(11)10-7-14-6-8(10)5-13/h1-4,8,10,14H,6-7H2/t8-,10-/m0/s1. The van der Waals surface area contributed by atoms with Crippen molar-refractivity contribution in [2.75, 3.05) is 13.1 Å². The monoisotopic (exact) mass is 206 g/mol. The highest BCUT2D eigenvalue weighted by molar-refractivity contribution is 6.31. The molecule has 2 rings (SSSR count). The van der Waals surface area contributed by atoms with E-state index in [0.29, 0.717) is 0 Å². The molecule has 0 aliphatic carbocycles. The van der Waals surface area contributed by atoms with Crippen LogP contribution in [-0.2, 0) is 0 Å². The fourth-order valence-corrected chi connectivity index (χ4v) is 2.19. The van der Waals surface area contributed by atoms with Gasteiger partial charge in [0.05, 0.1) is 12.0 Å². The van der Waals surface area contributed by atoms with Crippen molar-refractivity contribution in [3.63, 3.8) is 0 Å². The Hall–Kier alpha value is -1.04. The average Bonchev–Trinajstić information content (AvgIpc) is 2.66. The first-order chi connectivity index (χ1) is 6.83. The normalized spacial score (nSPS) is 26.0. The maximum Gasteiger partial charge on any atom is 0.0676 e. The number of nitrogens with one attached hydrogen (secondary N) is 1. The second-order valence-corrected chi connectivity index (χ2v) is 3.93. The van der Waals surface area contributed by atoms with Gasteiger partial charge in [-0.2, -0.15) is 5.26 Å². The first kappa shape index (κ1) is 9.51. The molecule has 3 heteroatoms. The summed E-state index contributed by atoms with van der Waals surface area (Å²) in [6.45, 7) is 1.62. The number of benzene rings is 1. The minimum atomic E-state index is 0.0508. The molecule has 2 atom stereocenters. The fraction of sp³-hybridized carbons (Fsp3) is 0.364. The van der Waals surface area contributed by atoms with Crippen molar-refractivity contribution in [3.05, 3.63) is 34.9 Å². The third kappa shape index (κ3) is 1.61. The van der Waals surface area contributed by atoms with Crippen LogP contribution in [0.25, 0.3) is 0 Å². The zero-order chi connectivity index (χ0) is 9.97. The van der Waals surface area contributed by atoms with Crippen LogP contribution in [0.1, 0.15) is 11.5 Å². The quantitative estimate of drug-likeness (QED) is 0.765. The Balaban J connectivity index is 2.31. The summed E-state index contributed by atoms with van der Waals surface area (Å²) in [5.41, 5.74) is 1.09. The van der Waals surface area contributed by atoms with Gasteiger partial charge in [0.15, 0.2) is 0 Å². The van der Waals surface area contributed by atoms with Crippen molar-refractivity contribution in [3.8, 4) is 6.07 Å². The summed E-state index contributed by atoms with van der Waals surface area (Å²) in [5.74, 6) is 0.295. The number of hydrogen-bond acceptors (Lipinski definition) is 2. The van der Waals surface area contributed by atoms with Gasteiger partial charge >= 0.3 is 0 Å². The molecule has 1 aliphatic rings. The first-order valence-electron chi connectivity index (χ1n) is 4.67. The summed E-state index contributed by atoms with van der Waals surface area (Å²) < 4.78 is 0. The largest absolute Gasteiger partial charge is 0.315 e. The number of rotatable bonds is 1. The molecule has 1 saturated heterocycles. The lowest BCUT2D eigenvalue weighted by molar-refractivity contribution is 0.647. The second-order valence-electron chi connectivity index (χ2n) is 3.52. The van der Waals surface area contributed by atoms with Crippen molar-refractivity contribution in [2.45, 2.75) is 5.92 Å². The van der Waals surface area contributed by atoms with Gasteiger partial charge in [0.25, 0.3) is 0 Å². The Morgan fingerprint density at radius 2 is 2.14 bits per heavy atom. The summed E-state index contributed by atoms with van der Waals surface area (Å²) in [6, 6.07) is 10.1. The van der Waals surface area contributed by atoms with E-state index in [-0.39, 0.29) is 11.8 Å². The zero-order valence-corrected chi connectivity index (χ0v) is 8.46. The third-order valence-corrected chi connectivity index (χ3v) is 3.03. The molecule has 2 nitrogen and oxygen atoms in total. The molecule has 0 amide bonds. The van der Waals surface area contributed by atoms with Crippen LogP contribution in [0.3, 0.4) is 0 Å². The predicted octanol–water partition coefficient (Wildman–Crippen LogP) is 2.17. The van der Waals surface area contributed by atoms with E-state index in [1.54, 1.807) is 0 Å². The van der Waals surface area contributed by atoms with E-state index in [1.165, 1.54) is 0 Å². The highest BCUT2D eigenvalue weighted by Crippen LogP contribution is 2.32. The average molecular weight is 207 g/mol. The maximum atomic E-state index is 8.96. The third-order valence-electron chi connectivity index (χ3n) is 2.68. The van der Waals surface area contributed by atoms with E-state index in [0.717, 1.165) is 23.7 Å². The first-order valence-corrected chi connectivity index (χ1v) is 5.05. The van der Waals surface area contributed by atoms with Crippen LogP contribution < -0.4 is 5.32 Å². The number of halogens is 1. The summed E-state index contributed by atoms with van der Waals surface area (Å²) in [7, 11) is 0. The smallest absolute Gasteiger partial charge is 0.0676 e. The summed E-state index contributed by atoms with van der Waals surface area (Å²) >= 11 is 6.09. The summed E-state index contributed by atoms with van der Waals surface area (Å²) in [6.07, 6.45) is 0. The Labute approximate surface area is 88.5 Å². The predicted molar refractivity (Wildman–Crippen MR) is 56.2 cm³/mol. The van der Waals surface area contributed by atoms with Gasteiger partial charge < -0.3 is 5.32 Å². The number of nitrogens with zero attached hydrogens (tertiary/aromatic N) is 1. The molecule has 14 heavy (non-hydrogen) atoms. The van der Waals surface area contributed by atoms with E-state index < -0.39 is 0 Å². The Bertz CT molecular complexity index is 370. The lowest BCUT2D eigenvalue weighted by Crippen LogP contribution is -2.08. The summed E-state index contributed by atoms with van der Waals surface area (Å²) in [4.78, 5) is 0. The maximum absolute atomic E-state index is 8.96. The number of nitriles is 1. The van der Waals surface area contributed by atoms with Crippen LogP contribution in [0.4, 0.5) is 0 Å². The van der Waals surface area contributed by atoms with E-state index in [9.17, 15) is 0 Å². The van der Waals surface area contributed by atoms with Gasteiger partial charge in [-0.05, 0) is 11.6 Å². The van der Waals surface area contributed by atoms with Gasteiger partial charge in [0.2, 0.25) is 0 Å². The lowest BCUT2D eigenvalue weighted by Gasteiger charge is -2.13. The molecule has 1 heterocycles. The van der Waals surface area contributed by atoms with Crippen LogP contribution in [0.5, 0.6) is 0 Å². The van der Waals surface area contributed by atoms with Gasteiger partial charge in [0.1, 0.15) is 0 Å². The molecule has 1 aliphatic heterocycles. The lowest BCUT2D eigenvalue weighted by atomic mass is 9.90. The van der Waals surface area contributed by atoms with Crippen molar-refractivity contribution in [1.29, 1.82) is 5.26 Å². The molecule has 0 aromatic heterocycles. The fourth-order valence-electron chi connectivity index (χ4n) is 1.92. The van der Waals surface area contributed by atoms with Crippen molar-refractivity contribution >= 4 is 11.6 Å². The molecule has 0 spiro atoms. The molecule has 1 fully saturated rings. The van der Waals surface area contributed by atoms with Gasteiger partial charge in [0, 0.05) is 24.0 Å². The highest BCUT2D eigenvalue weighted by Gasteiger charge is 2.29. The zero-order valence-electron chi connectivity index (χ0n) is 7.70. The van der Waals surface area contributed by atoms with Crippen LogP contribution in [0.2, 0.25) is 5.02 Å². The SMILES string of the molecule is N#C[C@H]1CNC[C@@H]1c1ccccc1Cl. The van der Waals surface area contributed by atoms with Gasteiger partial charge in [-0.15, -0.1) is 0 Å².